The van der Waals surface area contributed by atoms with Crippen molar-refractivity contribution in [1.82, 2.24) is 0 Å². The average Bonchev–Trinajstić information content (AvgIpc) is 4.06. The molecular formula is C67H43NO. The summed E-state index contributed by atoms with van der Waals surface area (Å²) in [5.74, 6) is 0. The Labute approximate surface area is 401 Å². The fraction of sp³-hybridized carbons (Fsp3) is 0.0149. The predicted molar refractivity (Wildman–Crippen MR) is 286 cm³/mol. The minimum absolute atomic E-state index is 0.433. The number of anilines is 3. The van der Waals surface area contributed by atoms with Gasteiger partial charge in [0, 0.05) is 27.7 Å². The molecular weight excluding hydrogens is 835 g/mol. The summed E-state index contributed by atoms with van der Waals surface area (Å²) in [5.41, 5.74) is 24.4. The van der Waals surface area contributed by atoms with Gasteiger partial charge in [-0.2, -0.15) is 0 Å². The van der Waals surface area contributed by atoms with E-state index in [-0.39, 0.29) is 0 Å². The second-order valence-electron chi connectivity index (χ2n) is 18.3. The van der Waals surface area contributed by atoms with Crippen molar-refractivity contribution in [3.05, 3.63) is 283 Å². The highest BCUT2D eigenvalue weighted by Crippen LogP contribution is 2.63. The summed E-state index contributed by atoms with van der Waals surface area (Å²) < 4.78 is 6.42. The summed E-state index contributed by atoms with van der Waals surface area (Å²) in [6.07, 6.45) is 0. The van der Waals surface area contributed by atoms with Crippen LogP contribution in [0, 0.1) is 0 Å². The average molecular weight is 878 g/mol. The van der Waals surface area contributed by atoms with Crippen LogP contribution >= 0.6 is 0 Å². The zero-order chi connectivity index (χ0) is 45.5. The number of rotatable bonds is 7. The second kappa shape index (κ2) is 15.6. The van der Waals surface area contributed by atoms with E-state index in [0.29, 0.717) is 0 Å². The van der Waals surface area contributed by atoms with E-state index in [2.05, 4.69) is 260 Å². The SMILES string of the molecule is c1ccc(-c2ccccc2-c2ccccc2-c2ccccc2N(c2cccc(-c3cccc4oc5ccccc5c34)c2)c2ccc3c(c2)-c2ccccc2C32c3ccccc3-c3ccccc32)cc1. The highest BCUT2D eigenvalue weighted by atomic mass is 16.3. The van der Waals surface area contributed by atoms with Crippen molar-refractivity contribution in [2.75, 3.05) is 4.90 Å². The van der Waals surface area contributed by atoms with Crippen molar-refractivity contribution < 1.29 is 4.42 Å². The first-order chi connectivity index (χ1) is 34.3. The summed E-state index contributed by atoms with van der Waals surface area (Å²) in [4.78, 5) is 2.48. The predicted octanol–water partition coefficient (Wildman–Crippen LogP) is 18.1. The molecule has 0 aliphatic heterocycles. The van der Waals surface area contributed by atoms with Gasteiger partial charge in [-0.05, 0) is 126 Å². The van der Waals surface area contributed by atoms with Crippen LogP contribution in [0.3, 0.4) is 0 Å². The number of para-hydroxylation sites is 2. The smallest absolute Gasteiger partial charge is 0.136 e. The maximum atomic E-state index is 6.42. The fourth-order valence-electron chi connectivity index (χ4n) is 11.9. The fourth-order valence-corrected chi connectivity index (χ4v) is 11.9. The van der Waals surface area contributed by atoms with E-state index in [4.69, 9.17) is 4.42 Å². The molecule has 322 valence electrons. The lowest BCUT2D eigenvalue weighted by Gasteiger charge is -2.32. The second-order valence-corrected chi connectivity index (χ2v) is 18.3. The molecule has 69 heavy (non-hydrogen) atoms. The maximum Gasteiger partial charge on any atom is 0.136 e. The van der Waals surface area contributed by atoms with Crippen molar-refractivity contribution in [2.24, 2.45) is 0 Å². The van der Waals surface area contributed by atoms with Crippen molar-refractivity contribution in [2.45, 2.75) is 5.41 Å². The Kier molecular flexibility index (Phi) is 8.84. The van der Waals surface area contributed by atoms with Gasteiger partial charge in [0.2, 0.25) is 0 Å². The van der Waals surface area contributed by atoms with Crippen LogP contribution in [0.2, 0.25) is 0 Å². The molecule has 2 nitrogen and oxygen atoms in total. The Morgan fingerprint density at radius 3 is 1.45 bits per heavy atom. The van der Waals surface area contributed by atoms with Crippen LogP contribution in [-0.4, -0.2) is 0 Å². The molecule has 0 bridgehead atoms. The molecule has 0 amide bonds. The van der Waals surface area contributed by atoms with Crippen molar-refractivity contribution in [3.63, 3.8) is 0 Å². The molecule has 11 aromatic carbocycles. The molecule has 0 radical (unpaired) electrons. The molecule has 1 spiro atoms. The molecule has 2 heteroatoms. The summed E-state index contributed by atoms with van der Waals surface area (Å²) in [7, 11) is 0. The molecule has 0 N–H and O–H groups in total. The van der Waals surface area contributed by atoms with Gasteiger partial charge in [0.15, 0.2) is 0 Å². The summed E-state index contributed by atoms with van der Waals surface area (Å²) in [6.45, 7) is 0. The number of fused-ring (bicyclic) bond motifs is 13. The van der Waals surface area contributed by atoms with Gasteiger partial charge in [-0.25, -0.2) is 0 Å². The maximum absolute atomic E-state index is 6.42. The van der Waals surface area contributed by atoms with Gasteiger partial charge in [0.25, 0.3) is 0 Å². The van der Waals surface area contributed by atoms with E-state index < -0.39 is 5.41 Å². The van der Waals surface area contributed by atoms with Crippen LogP contribution in [0.1, 0.15) is 22.3 Å². The third kappa shape index (κ3) is 5.86. The quantitative estimate of drug-likeness (QED) is 0.159. The number of hydrogen-bond donors (Lipinski definition) is 0. The van der Waals surface area contributed by atoms with E-state index >= 15 is 0 Å². The molecule has 0 atom stereocenters. The molecule has 14 rings (SSSR count). The molecule has 0 unspecified atom stereocenters. The monoisotopic (exact) mass is 877 g/mol. The number of nitrogens with zero attached hydrogens (tertiary/aromatic N) is 1. The Morgan fingerprint density at radius 1 is 0.275 bits per heavy atom. The first-order valence-corrected chi connectivity index (χ1v) is 23.8. The zero-order valence-corrected chi connectivity index (χ0v) is 37.7. The van der Waals surface area contributed by atoms with Gasteiger partial charge < -0.3 is 9.32 Å². The van der Waals surface area contributed by atoms with Crippen molar-refractivity contribution >= 4 is 39.0 Å². The van der Waals surface area contributed by atoms with E-state index in [0.717, 1.165) is 61.3 Å². The van der Waals surface area contributed by atoms with Gasteiger partial charge >= 0.3 is 0 Å². The highest BCUT2D eigenvalue weighted by molar-refractivity contribution is 6.12. The third-order valence-electron chi connectivity index (χ3n) is 14.7. The summed E-state index contributed by atoms with van der Waals surface area (Å²) in [5, 5.41) is 2.24. The van der Waals surface area contributed by atoms with Crippen LogP contribution in [0.15, 0.2) is 265 Å². The van der Waals surface area contributed by atoms with Crippen molar-refractivity contribution in [1.29, 1.82) is 0 Å². The third-order valence-corrected chi connectivity index (χ3v) is 14.7. The molecule has 12 aromatic rings. The Bertz CT molecular complexity index is 3940. The van der Waals surface area contributed by atoms with Crippen LogP contribution in [0.5, 0.6) is 0 Å². The molecule has 0 saturated heterocycles. The molecule has 0 saturated carbocycles. The minimum Gasteiger partial charge on any atom is -0.456 e. The van der Waals surface area contributed by atoms with Gasteiger partial charge in [-0.1, -0.05) is 218 Å². The van der Waals surface area contributed by atoms with Gasteiger partial charge in [0.05, 0.1) is 11.1 Å². The lowest BCUT2D eigenvalue weighted by molar-refractivity contribution is 0.669. The van der Waals surface area contributed by atoms with Crippen LogP contribution in [0.4, 0.5) is 17.1 Å². The largest absolute Gasteiger partial charge is 0.456 e. The standard InChI is InChI=1S/C67H43NO/c1-2-20-44(21-3-1)48-24-4-5-25-50(48)51-26-6-7-27-52(51)56-31-11-16-37-63(56)68(46-23-18-22-45(42-46)49-33-19-39-65-66(49)57-32-12-17-38-64(57)69-65)47-40-41-62-58(43-47)55-30-10-15-36-61(55)67(62)59-34-13-8-28-53(59)54-29-9-14-35-60(54)67/h1-43H. The van der Waals surface area contributed by atoms with E-state index in [1.807, 2.05) is 6.07 Å². The minimum atomic E-state index is -0.433. The van der Waals surface area contributed by atoms with Gasteiger partial charge in [0.1, 0.15) is 11.2 Å². The zero-order valence-electron chi connectivity index (χ0n) is 37.7. The molecule has 0 fully saturated rings. The first kappa shape index (κ1) is 39.2. The van der Waals surface area contributed by atoms with E-state index in [9.17, 15) is 0 Å². The normalized spacial score (nSPS) is 12.8. The molecule has 2 aliphatic rings. The Morgan fingerprint density at radius 2 is 0.739 bits per heavy atom. The molecule has 1 heterocycles. The Hall–Kier alpha value is -8.98. The summed E-state index contributed by atoms with van der Waals surface area (Å²) >= 11 is 0. The lowest BCUT2D eigenvalue weighted by Crippen LogP contribution is -2.25. The Balaban J connectivity index is 1.01. The van der Waals surface area contributed by atoms with E-state index in [1.165, 1.54) is 66.8 Å². The van der Waals surface area contributed by atoms with Gasteiger partial charge in [-0.15, -0.1) is 0 Å². The van der Waals surface area contributed by atoms with Crippen molar-refractivity contribution in [3.8, 4) is 66.8 Å². The first-order valence-electron chi connectivity index (χ1n) is 23.8. The molecule has 1 aromatic heterocycles. The van der Waals surface area contributed by atoms with Gasteiger partial charge in [-0.3, -0.25) is 0 Å². The number of benzene rings is 11. The summed E-state index contributed by atoms with van der Waals surface area (Å²) in [6, 6.07) is 95.6. The topological polar surface area (TPSA) is 16.4 Å². The number of hydrogen-bond acceptors (Lipinski definition) is 2. The van der Waals surface area contributed by atoms with E-state index in [1.54, 1.807) is 0 Å². The highest BCUT2D eigenvalue weighted by Gasteiger charge is 2.51. The van der Waals surface area contributed by atoms with Crippen LogP contribution in [0.25, 0.3) is 88.7 Å². The molecule has 2 aliphatic carbocycles. The van der Waals surface area contributed by atoms with Crippen LogP contribution in [-0.2, 0) is 5.41 Å². The lowest BCUT2D eigenvalue weighted by atomic mass is 9.70. The van der Waals surface area contributed by atoms with Crippen LogP contribution < -0.4 is 4.90 Å². The number of furan rings is 1.